The quantitative estimate of drug-likeness (QED) is 0.900. The lowest BCUT2D eigenvalue weighted by Gasteiger charge is -2.44. The maximum Gasteiger partial charge on any atom is 0.237 e. The van der Waals surface area contributed by atoms with Gasteiger partial charge in [-0.25, -0.2) is 0 Å². The van der Waals surface area contributed by atoms with Crippen molar-refractivity contribution < 1.29 is 9.90 Å². The number of piperidine rings is 2. The van der Waals surface area contributed by atoms with Gasteiger partial charge in [-0.2, -0.15) is 0 Å². The largest absolute Gasteiger partial charge is 0.383 e. The number of hydrogen-bond acceptors (Lipinski definition) is 4. The summed E-state index contributed by atoms with van der Waals surface area (Å²) in [5.41, 5.74) is -0.0612. The zero-order valence-corrected chi connectivity index (χ0v) is 15.8. The summed E-state index contributed by atoms with van der Waals surface area (Å²) in [7, 11) is 0. The predicted octanol–water partition coefficient (Wildman–Crippen LogP) is 2.69. The molecular formula is C21H31N3O2. The van der Waals surface area contributed by atoms with Crippen molar-refractivity contribution in [3.63, 3.8) is 0 Å². The number of aromatic nitrogens is 1. The fraction of sp³-hybridized carbons (Fsp3) is 0.714. The summed E-state index contributed by atoms with van der Waals surface area (Å²) in [6, 6.07) is 6.75. The van der Waals surface area contributed by atoms with Gasteiger partial charge in [-0.05, 0) is 63.5 Å². The van der Waals surface area contributed by atoms with Crippen LogP contribution < -0.4 is 0 Å². The molecule has 26 heavy (non-hydrogen) atoms. The molecule has 1 aromatic rings. The summed E-state index contributed by atoms with van der Waals surface area (Å²) in [5.74, 6) is 0.289. The zero-order chi connectivity index (χ0) is 18.1. The summed E-state index contributed by atoms with van der Waals surface area (Å²) < 4.78 is 0. The Morgan fingerprint density at radius 1 is 1.23 bits per heavy atom. The van der Waals surface area contributed by atoms with Crippen LogP contribution in [0.4, 0.5) is 0 Å². The van der Waals surface area contributed by atoms with Crippen molar-refractivity contribution in [2.75, 3.05) is 13.1 Å². The first-order valence-electron chi connectivity index (χ1n) is 10.3. The van der Waals surface area contributed by atoms with Gasteiger partial charge in [0.15, 0.2) is 0 Å². The number of carbonyl (C=O) groups is 1. The SMILES string of the molecule is CCC1CCCCN1C(=O)CN1C2CCC1CC(O)(c1ccccn1)C2. The summed E-state index contributed by atoms with van der Waals surface area (Å²) in [6.45, 7) is 3.62. The number of carbonyl (C=O) groups excluding carboxylic acids is 1. The first-order chi connectivity index (χ1) is 12.6. The highest BCUT2D eigenvalue weighted by molar-refractivity contribution is 5.79. The summed E-state index contributed by atoms with van der Waals surface area (Å²) in [4.78, 5) is 21.9. The first kappa shape index (κ1) is 17.9. The van der Waals surface area contributed by atoms with Gasteiger partial charge < -0.3 is 10.0 Å². The van der Waals surface area contributed by atoms with Crippen LogP contribution in [0.2, 0.25) is 0 Å². The molecule has 1 N–H and O–H groups in total. The van der Waals surface area contributed by atoms with Crippen LogP contribution in [0.1, 0.15) is 64.0 Å². The molecule has 142 valence electrons. The van der Waals surface area contributed by atoms with E-state index < -0.39 is 5.60 Å². The monoisotopic (exact) mass is 357 g/mol. The van der Waals surface area contributed by atoms with Crippen molar-refractivity contribution in [2.24, 2.45) is 0 Å². The van der Waals surface area contributed by atoms with Gasteiger partial charge >= 0.3 is 0 Å². The first-order valence-corrected chi connectivity index (χ1v) is 10.3. The number of aliphatic hydroxyl groups is 1. The third kappa shape index (κ3) is 3.27. The lowest BCUT2D eigenvalue weighted by atomic mass is 9.83. The summed E-state index contributed by atoms with van der Waals surface area (Å²) in [6.07, 6.45) is 9.85. The molecule has 5 nitrogen and oxygen atoms in total. The molecule has 3 saturated heterocycles. The molecule has 5 heteroatoms. The van der Waals surface area contributed by atoms with E-state index in [-0.39, 0.29) is 18.0 Å². The molecule has 3 aliphatic heterocycles. The molecule has 1 aromatic heterocycles. The van der Waals surface area contributed by atoms with Crippen molar-refractivity contribution in [3.05, 3.63) is 30.1 Å². The third-order valence-corrected chi connectivity index (χ3v) is 6.80. The molecule has 3 fully saturated rings. The van der Waals surface area contributed by atoms with E-state index in [1.165, 1.54) is 6.42 Å². The molecule has 4 rings (SSSR count). The number of amides is 1. The van der Waals surface area contributed by atoms with Crippen LogP contribution in [-0.4, -0.2) is 57.0 Å². The standard InChI is InChI=1S/C21H31N3O2/c1-2-16-7-4-6-12-23(16)20(25)15-24-17-9-10-18(24)14-21(26,13-17)19-8-3-5-11-22-19/h3,5,8,11,16-18,26H,2,4,6-7,9-10,12-15H2,1H3. The highest BCUT2D eigenvalue weighted by Gasteiger charge is 2.49. The fourth-order valence-electron chi connectivity index (χ4n) is 5.42. The van der Waals surface area contributed by atoms with Crippen LogP contribution in [0.15, 0.2) is 24.4 Å². The van der Waals surface area contributed by atoms with Crippen LogP contribution in [0.5, 0.6) is 0 Å². The second kappa shape index (κ2) is 7.28. The average molecular weight is 357 g/mol. The number of likely N-dealkylation sites (tertiary alicyclic amines) is 1. The van der Waals surface area contributed by atoms with Gasteiger partial charge in [0.25, 0.3) is 0 Å². The van der Waals surface area contributed by atoms with Crippen molar-refractivity contribution >= 4 is 5.91 Å². The Kier molecular flexibility index (Phi) is 5.02. The van der Waals surface area contributed by atoms with Crippen LogP contribution in [0.25, 0.3) is 0 Å². The molecule has 0 spiro atoms. The normalized spacial score (nSPS) is 34.8. The zero-order valence-electron chi connectivity index (χ0n) is 15.8. The van der Waals surface area contributed by atoms with E-state index in [0.717, 1.165) is 44.3 Å². The van der Waals surface area contributed by atoms with E-state index in [9.17, 15) is 9.90 Å². The minimum absolute atomic E-state index is 0.287. The Labute approximate surface area is 156 Å². The number of pyridine rings is 1. The van der Waals surface area contributed by atoms with Crippen LogP contribution in [0.3, 0.4) is 0 Å². The van der Waals surface area contributed by atoms with Gasteiger partial charge in [0.2, 0.25) is 5.91 Å². The van der Waals surface area contributed by atoms with Crippen LogP contribution in [-0.2, 0) is 10.4 Å². The van der Waals surface area contributed by atoms with E-state index in [4.69, 9.17) is 0 Å². The number of fused-ring (bicyclic) bond motifs is 2. The molecule has 0 radical (unpaired) electrons. The van der Waals surface area contributed by atoms with Gasteiger partial charge in [0.1, 0.15) is 5.60 Å². The Bertz CT molecular complexity index is 621. The highest BCUT2D eigenvalue weighted by Crippen LogP contribution is 2.45. The molecule has 0 aromatic carbocycles. The van der Waals surface area contributed by atoms with E-state index in [1.807, 2.05) is 18.2 Å². The minimum atomic E-state index is -0.844. The second-order valence-electron chi connectivity index (χ2n) is 8.36. The van der Waals surface area contributed by atoms with Gasteiger partial charge in [-0.15, -0.1) is 0 Å². The molecular weight excluding hydrogens is 326 g/mol. The lowest BCUT2D eigenvalue weighted by Crippen LogP contribution is -2.54. The minimum Gasteiger partial charge on any atom is -0.383 e. The lowest BCUT2D eigenvalue weighted by molar-refractivity contribution is -0.139. The maximum absolute atomic E-state index is 13.0. The van der Waals surface area contributed by atoms with Crippen molar-refractivity contribution in [2.45, 2.75) is 82.0 Å². The van der Waals surface area contributed by atoms with E-state index in [0.29, 0.717) is 25.4 Å². The second-order valence-corrected chi connectivity index (χ2v) is 8.36. The molecule has 3 unspecified atom stereocenters. The predicted molar refractivity (Wildman–Crippen MR) is 101 cm³/mol. The molecule has 0 aliphatic carbocycles. The van der Waals surface area contributed by atoms with Crippen molar-refractivity contribution in [1.82, 2.24) is 14.8 Å². The Hall–Kier alpha value is -1.46. The smallest absolute Gasteiger partial charge is 0.237 e. The molecule has 3 atom stereocenters. The summed E-state index contributed by atoms with van der Waals surface area (Å²) >= 11 is 0. The average Bonchev–Trinajstić information content (AvgIpc) is 2.92. The van der Waals surface area contributed by atoms with Crippen LogP contribution >= 0.6 is 0 Å². The van der Waals surface area contributed by atoms with Gasteiger partial charge in [0.05, 0.1) is 12.2 Å². The number of rotatable bonds is 4. The fourth-order valence-corrected chi connectivity index (χ4v) is 5.42. The van der Waals surface area contributed by atoms with Gasteiger partial charge in [0, 0.05) is 30.9 Å². The summed E-state index contributed by atoms with van der Waals surface area (Å²) in [5, 5.41) is 11.2. The maximum atomic E-state index is 13.0. The van der Waals surface area contributed by atoms with Crippen LogP contribution in [0, 0.1) is 0 Å². The molecule has 4 heterocycles. The van der Waals surface area contributed by atoms with E-state index >= 15 is 0 Å². The number of hydrogen-bond donors (Lipinski definition) is 1. The van der Waals surface area contributed by atoms with Crippen molar-refractivity contribution in [1.29, 1.82) is 0 Å². The van der Waals surface area contributed by atoms with E-state index in [2.05, 4.69) is 21.7 Å². The number of nitrogens with zero attached hydrogens (tertiary/aromatic N) is 3. The van der Waals surface area contributed by atoms with Gasteiger partial charge in [-0.3, -0.25) is 14.7 Å². The third-order valence-electron chi connectivity index (χ3n) is 6.80. The Morgan fingerprint density at radius 3 is 2.65 bits per heavy atom. The Morgan fingerprint density at radius 2 is 2.00 bits per heavy atom. The molecule has 0 saturated carbocycles. The molecule has 2 bridgehead atoms. The highest BCUT2D eigenvalue weighted by atomic mass is 16.3. The van der Waals surface area contributed by atoms with E-state index in [1.54, 1.807) is 6.20 Å². The van der Waals surface area contributed by atoms with Gasteiger partial charge in [-0.1, -0.05) is 13.0 Å². The molecule has 3 aliphatic rings. The Balaban J connectivity index is 1.44. The van der Waals surface area contributed by atoms with Crippen molar-refractivity contribution in [3.8, 4) is 0 Å². The topological polar surface area (TPSA) is 56.7 Å². The molecule has 1 amide bonds.